The summed E-state index contributed by atoms with van der Waals surface area (Å²) in [7, 11) is 0. The first-order valence-electron chi connectivity index (χ1n) is 6.43. The van der Waals surface area contributed by atoms with Crippen LogP contribution in [0.3, 0.4) is 0 Å². The molecule has 8 heteroatoms. The molecular weight excluding hydrogens is 308 g/mol. The van der Waals surface area contributed by atoms with E-state index in [0.29, 0.717) is 6.54 Å². The second kappa shape index (κ2) is 7.84. The predicted octanol–water partition coefficient (Wildman–Crippen LogP) is 2.08. The number of nitrogens with zero attached hydrogens (tertiary/aromatic N) is 2. The van der Waals surface area contributed by atoms with Crippen molar-refractivity contribution in [2.45, 2.75) is 25.2 Å². The van der Waals surface area contributed by atoms with Crippen LogP contribution in [0.15, 0.2) is 35.1 Å². The van der Waals surface area contributed by atoms with Gasteiger partial charge < -0.3 is 9.88 Å². The van der Waals surface area contributed by atoms with E-state index in [1.807, 2.05) is 35.2 Å². The summed E-state index contributed by atoms with van der Waals surface area (Å²) in [4.78, 5) is 28.4. The number of thiophene rings is 1. The van der Waals surface area contributed by atoms with E-state index in [1.165, 1.54) is 11.8 Å². The highest BCUT2D eigenvalue weighted by atomic mass is 32.2. The van der Waals surface area contributed by atoms with Gasteiger partial charge in [0.2, 0.25) is 5.91 Å². The molecule has 0 fully saturated rings. The van der Waals surface area contributed by atoms with Crippen LogP contribution < -0.4 is 10.6 Å². The van der Waals surface area contributed by atoms with Crippen molar-refractivity contribution in [2.24, 2.45) is 0 Å². The van der Waals surface area contributed by atoms with Crippen LogP contribution in [0, 0.1) is 0 Å². The number of carbonyl (C=O) groups excluding carboxylic acids is 2. The molecule has 112 valence electrons. The molecule has 0 unspecified atom stereocenters. The van der Waals surface area contributed by atoms with Crippen molar-refractivity contribution in [3.8, 4) is 0 Å². The third-order valence-electron chi connectivity index (χ3n) is 2.61. The molecule has 0 saturated carbocycles. The van der Waals surface area contributed by atoms with Gasteiger partial charge in [0, 0.05) is 23.8 Å². The van der Waals surface area contributed by atoms with Gasteiger partial charge in [-0.25, -0.2) is 9.78 Å². The molecule has 2 rings (SSSR count). The number of imidazole rings is 1. The highest BCUT2D eigenvalue weighted by Crippen LogP contribution is 2.14. The number of hydrogen-bond acceptors (Lipinski definition) is 5. The Balaban J connectivity index is 1.70. The van der Waals surface area contributed by atoms with Crippen molar-refractivity contribution >= 4 is 35.0 Å². The molecule has 0 bridgehead atoms. The molecule has 2 aromatic rings. The number of rotatable bonds is 6. The smallest absolute Gasteiger partial charge is 0.321 e. The molecule has 0 radical (unpaired) electrons. The van der Waals surface area contributed by atoms with Crippen molar-refractivity contribution in [3.05, 3.63) is 34.8 Å². The number of imide groups is 1. The monoisotopic (exact) mass is 324 g/mol. The summed E-state index contributed by atoms with van der Waals surface area (Å²) in [6.07, 6.45) is 3.55. The minimum Gasteiger partial charge on any atom is -0.333 e. The zero-order chi connectivity index (χ0) is 15.1. The quantitative estimate of drug-likeness (QED) is 0.798. The number of thioether (sulfide) groups is 1. The van der Waals surface area contributed by atoms with Crippen molar-refractivity contribution in [1.82, 2.24) is 20.2 Å². The van der Waals surface area contributed by atoms with Gasteiger partial charge in [-0.3, -0.25) is 10.1 Å². The van der Waals surface area contributed by atoms with E-state index in [9.17, 15) is 9.59 Å². The standard InChI is InChI=1S/C13H16N4O2S2/c1-2-17-6-5-14-13(17)21-9-11(18)16-12(19)15-8-10-4-3-7-20-10/h3-7H,2,8-9H2,1H3,(H2,15,16,18,19). The molecule has 0 saturated heterocycles. The average molecular weight is 324 g/mol. The molecule has 0 aromatic carbocycles. The zero-order valence-electron chi connectivity index (χ0n) is 11.5. The first-order valence-corrected chi connectivity index (χ1v) is 8.29. The Morgan fingerprint density at radius 3 is 3.05 bits per heavy atom. The maximum atomic E-state index is 11.7. The van der Waals surface area contributed by atoms with Gasteiger partial charge in [0.1, 0.15) is 0 Å². The van der Waals surface area contributed by atoms with Gasteiger partial charge in [0.15, 0.2) is 5.16 Å². The van der Waals surface area contributed by atoms with Crippen LogP contribution in [-0.2, 0) is 17.9 Å². The third-order valence-corrected chi connectivity index (χ3v) is 4.49. The number of carbonyl (C=O) groups is 2. The van der Waals surface area contributed by atoms with Crippen LogP contribution in [0.5, 0.6) is 0 Å². The van der Waals surface area contributed by atoms with Gasteiger partial charge in [-0.05, 0) is 18.4 Å². The van der Waals surface area contributed by atoms with Gasteiger partial charge >= 0.3 is 6.03 Å². The molecule has 2 heterocycles. The normalized spacial score (nSPS) is 10.3. The number of urea groups is 1. The van der Waals surface area contributed by atoms with Gasteiger partial charge in [-0.1, -0.05) is 17.8 Å². The SMILES string of the molecule is CCn1ccnc1SCC(=O)NC(=O)NCc1cccs1. The lowest BCUT2D eigenvalue weighted by molar-refractivity contribution is -0.117. The maximum absolute atomic E-state index is 11.7. The maximum Gasteiger partial charge on any atom is 0.321 e. The molecule has 0 atom stereocenters. The molecule has 0 aliphatic rings. The number of nitrogens with one attached hydrogen (secondary N) is 2. The van der Waals surface area contributed by atoms with Crippen LogP contribution in [0.4, 0.5) is 4.79 Å². The molecule has 21 heavy (non-hydrogen) atoms. The Bertz CT molecular complexity index is 595. The zero-order valence-corrected chi connectivity index (χ0v) is 13.2. The Morgan fingerprint density at radius 1 is 1.48 bits per heavy atom. The Labute approximate surface area is 131 Å². The molecule has 3 amide bonds. The fraction of sp³-hybridized carbons (Fsp3) is 0.308. The summed E-state index contributed by atoms with van der Waals surface area (Å²) in [6, 6.07) is 3.36. The number of amides is 3. The van der Waals surface area contributed by atoms with E-state index >= 15 is 0 Å². The van der Waals surface area contributed by atoms with Gasteiger partial charge in [-0.15, -0.1) is 11.3 Å². The van der Waals surface area contributed by atoms with Gasteiger partial charge in [0.25, 0.3) is 0 Å². The van der Waals surface area contributed by atoms with E-state index in [0.717, 1.165) is 16.6 Å². The fourth-order valence-corrected chi connectivity index (χ4v) is 3.06. The van der Waals surface area contributed by atoms with Crippen LogP contribution in [0.25, 0.3) is 0 Å². The first kappa shape index (κ1) is 15.6. The van der Waals surface area contributed by atoms with Crippen molar-refractivity contribution in [1.29, 1.82) is 0 Å². The summed E-state index contributed by atoms with van der Waals surface area (Å²) >= 11 is 2.86. The van der Waals surface area contributed by atoms with Gasteiger partial charge in [-0.2, -0.15) is 0 Å². The lowest BCUT2D eigenvalue weighted by atomic mass is 10.5. The third kappa shape index (κ3) is 4.91. The Kier molecular flexibility index (Phi) is 5.82. The summed E-state index contributed by atoms with van der Waals surface area (Å²) in [5, 5.41) is 7.65. The molecule has 0 aliphatic carbocycles. The van der Waals surface area contributed by atoms with Crippen LogP contribution in [0.2, 0.25) is 0 Å². The number of hydrogen-bond donors (Lipinski definition) is 2. The summed E-state index contributed by atoms with van der Waals surface area (Å²) in [5.74, 6) is -0.182. The predicted molar refractivity (Wildman–Crippen MR) is 83.3 cm³/mol. The molecular formula is C13H16N4O2S2. The first-order chi connectivity index (χ1) is 10.2. The summed E-state index contributed by atoms with van der Waals surface area (Å²) in [6.45, 7) is 3.22. The van der Waals surface area contributed by atoms with E-state index < -0.39 is 6.03 Å². The van der Waals surface area contributed by atoms with Crippen molar-refractivity contribution < 1.29 is 9.59 Å². The molecule has 2 aromatic heterocycles. The van der Waals surface area contributed by atoms with Crippen molar-refractivity contribution in [2.75, 3.05) is 5.75 Å². The lowest BCUT2D eigenvalue weighted by Gasteiger charge is -2.06. The van der Waals surface area contributed by atoms with Crippen LogP contribution in [-0.4, -0.2) is 27.2 Å². The summed E-state index contributed by atoms with van der Waals surface area (Å²) in [5.41, 5.74) is 0. The largest absolute Gasteiger partial charge is 0.333 e. The second-order valence-electron chi connectivity index (χ2n) is 4.09. The summed E-state index contributed by atoms with van der Waals surface area (Å²) < 4.78 is 1.94. The fourth-order valence-electron chi connectivity index (χ4n) is 1.59. The van der Waals surface area contributed by atoms with E-state index in [-0.39, 0.29) is 11.7 Å². The molecule has 0 aliphatic heterocycles. The Morgan fingerprint density at radius 2 is 2.33 bits per heavy atom. The van der Waals surface area contributed by atoms with E-state index in [1.54, 1.807) is 17.5 Å². The van der Waals surface area contributed by atoms with E-state index in [4.69, 9.17) is 0 Å². The topological polar surface area (TPSA) is 76.0 Å². The second-order valence-corrected chi connectivity index (χ2v) is 6.07. The van der Waals surface area contributed by atoms with E-state index in [2.05, 4.69) is 15.6 Å². The van der Waals surface area contributed by atoms with Crippen LogP contribution >= 0.6 is 23.1 Å². The number of aryl methyl sites for hydroxylation is 1. The molecule has 2 N–H and O–H groups in total. The minimum atomic E-state index is -0.479. The number of aromatic nitrogens is 2. The minimum absolute atomic E-state index is 0.156. The van der Waals surface area contributed by atoms with Crippen molar-refractivity contribution in [3.63, 3.8) is 0 Å². The highest BCUT2D eigenvalue weighted by molar-refractivity contribution is 7.99. The Hall–Kier alpha value is -1.80. The average Bonchev–Trinajstić information content (AvgIpc) is 3.13. The molecule has 6 nitrogen and oxygen atoms in total. The van der Waals surface area contributed by atoms with Crippen LogP contribution in [0.1, 0.15) is 11.8 Å². The highest BCUT2D eigenvalue weighted by Gasteiger charge is 2.10. The molecule has 0 spiro atoms. The lowest BCUT2D eigenvalue weighted by Crippen LogP contribution is -2.39. The van der Waals surface area contributed by atoms with Gasteiger partial charge in [0.05, 0.1) is 12.3 Å².